The van der Waals surface area contributed by atoms with Gasteiger partial charge in [-0.25, -0.2) is 14.3 Å². The number of methoxy groups -OCH3 is 1. The Morgan fingerprint density at radius 3 is 2.58 bits per heavy atom. The number of amides is 1. The van der Waals surface area contributed by atoms with Crippen molar-refractivity contribution < 1.29 is 22.7 Å². The van der Waals surface area contributed by atoms with Crippen LogP contribution in [-0.2, 0) is 12.6 Å². The zero-order valence-electron chi connectivity index (χ0n) is 13.7. The van der Waals surface area contributed by atoms with E-state index in [1.54, 1.807) is 7.11 Å². The van der Waals surface area contributed by atoms with Crippen LogP contribution in [0, 0.1) is 0 Å². The predicted octanol–water partition coefficient (Wildman–Crippen LogP) is 3.92. The lowest BCUT2D eigenvalue weighted by atomic mass is 10.1. The molecule has 0 spiro atoms. The van der Waals surface area contributed by atoms with Gasteiger partial charge in [-0.2, -0.15) is 13.2 Å². The van der Waals surface area contributed by atoms with Gasteiger partial charge in [0.15, 0.2) is 0 Å². The summed E-state index contributed by atoms with van der Waals surface area (Å²) in [5.41, 5.74) is 0.666. The average Bonchev–Trinajstić information content (AvgIpc) is 3.12. The first kappa shape index (κ1) is 16.4. The Hall–Kier alpha value is -3.03. The van der Waals surface area contributed by atoms with E-state index >= 15 is 0 Å². The fourth-order valence-corrected chi connectivity index (χ4v) is 3.14. The Kier molecular flexibility index (Phi) is 3.64. The lowest BCUT2D eigenvalue weighted by Gasteiger charge is -2.09. The van der Waals surface area contributed by atoms with E-state index in [4.69, 9.17) is 4.74 Å². The first-order valence-electron chi connectivity index (χ1n) is 7.90. The first-order chi connectivity index (χ1) is 12.4. The maximum absolute atomic E-state index is 13.0. The fraction of sp³-hybridized carbons (Fsp3) is 0.222. The van der Waals surface area contributed by atoms with Crippen molar-refractivity contribution in [1.82, 2.24) is 14.9 Å². The molecule has 134 valence electrons. The van der Waals surface area contributed by atoms with Gasteiger partial charge in [-0.1, -0.05) is 12.1 Å². The first-order valence-corrected chi connectivity index (χ1v) is 7.90. The summed E-state index contributed by atoms with van der Waals surface area (Å²) in [6.07, 6.45) is -4.00. The second-order valence-corrected chi connectivity index (χ2v) is 6.06. The number of alkyl halides is 3. The zero-order valence-corrected chi connectivity index (χ0v) is 13.7. The molecule has 0 saturated carbocycles. The minimum Gasteiger partial charge on any atom is -0.497 e. The Bertz CT molecular complexity index is 993. The van der Waals surface area contributed by atoms with Crippen LogP contribution >= 0.6 is 0 Å². The number of imidazole rings is 1. The largest absolute Gasteiger partial charge is 0.497 e. The lowest BCUT2D eigenvalue weighted by molar-refractivity contribution is -0.137. The number of nitrogens with zero attached hydrogens (tertiary/aromatic N) is 2. The molecule has 3 aromatic rings. The van der Waals surface area contributed by atoms with Crippen molar-refractivity contribution in [2.45, 2.75) is 18.6 Å². The quantitative estimate of drug-likeness (QED) is 0.769. The number of benzene rings is 2. The van der Waals surface area contributed by atoms with Crippen molar-refractivity contribution in [3.63, 3.8) is 0 Å². The van der Waals surface area contributed by atoms with Crippen molar-refractivity contribution in [2.24, 2.45) is 0 Å². The Morgan fingerprint density at radius 2 is 1.92 bits per heavy atom. The molecule has 0 saturated heterocycles. The molecule has 1 unspecified atom stereocenters. The van der Waals surface area contributed by atoms with Crippen LogP contribution in [0.25, 0.3) is 11.0 Å². The molecular weight excluding hydrogens is 347 g/mol. The number of hydrogen-bond acceptors (Lipinski definition) is 3. The van der Waals surface area contributed by atoms with Gasteiger partial charge in [-0.3, -0.25) is 0 Å². The summed E-state index contributed by atoms with van der Waals surface area (Å²) in [4.78, 5) is 16.7. The highest BCUT2D eigenvalue weighted by atomic mass is 19.4. The molecule has 0 radical (unpaired) electrons. The van der Waals surface area contributed by atoms with Crippen LogP contribution in [0.2, 0.25) is 0 Å². The van der Waals surface area contributed by atoms with E-state index in [9.17, 15) is 18.0 Å². The highest BCUT2D eigenvalue weighted by molar-refractivity contribution is 5.93. The van der Waals surface area contributed by atoms with Gasteiger partial charge in [0.2, 0.25) is 0 Å². The highest BCUT2D eigenvalue weighted by Crippen LogP contribution is 2.34. The molecule has 1 aliphatic heterocycles. The smallest absolute Gasteiger partial charge is 0.416 e. The van der Waals surface area contributed by atoms with Crippen molar-refractivity contribution in [1.29, 1.82) is 0 Å². The Morgan fingerprint density at radius 1 is 1.19 bits per heavy atom. The standard InChI is InChI=1S/C18H14F3N3O2/c1-26-12-5-2-10(3-6-12)8-14-16-22-13-7-4-11(18(19,20)21)9-15(13)24(16)17(25)23-14/h2-7,9,14H,8H2,1H3,(H,23,25). The van der Waals surface area contributed by atoms with E-state index in [-0.39, 0.29) is 5.52 Å². The van der Waals surface area contributed by atoms with Crippen molar-refractivity contribution in [3.8, 4) is 5.75 Å². The topological polar surface area (TPSA) is 56.1 Å². The minimum absolute atomic E-state index is 0.157. The summed E-state index contributed by atoms with van der Waals surface area (Å²) in [7, 11) is 1.57. The maximum Gasteiger partial charge on any atom is 0.416 e. The molecule has 2 heterocycles. The molecule has 5 nitrogen and oxygen atoms in total. The molecule has 1 amide bonds. The molecule has 4 rings (SSSR count). The maximum atomic E-state index is 13.0. The molecule has 1 aliphatic rings. The van der Waals surface area contributed by atoms with Crippen LogP contribution in [0.15, 0.2) is 42.5 Å². The molecule has 8 heteroatoms. The van der Waals surface area contributed by atoms with Crippen molar-refractivity contribution >= 4 is 17.1 Å². The summed E-state index contributed by atoms with van der Waals surface area (Å²) < 4.78 is 45.2. The van der Waals surface area contributed by atoms with Crippen LogP contribution in [0.5, 0.6) is 5.75 Å². The molecule has 1 atom stereocenters. The number of hydrogen-bond donors (Lipinski definition) is 1. The van der Waals surface area contributed by atoms with Crippen LogP contribution in [-0.4, -0.2) is 22.7 Å². The average molecular weight is 361 g/mol. The van der Waals surface area contributed by atoms with Gasteiger partial charge in [0.1, 0.15) is 11.6 Å². The number of fused-ring (bicyclic) bond motifs is 3. The van der Waals surface area contributed by atoms with Gasteiger partial charge in [0.25, 0.3) is 0 Å². The monoisotopic (exact) mass is 361 g/mol. The number of carbonyl (C=O) groups excluding carboxylic acids is 1. The van der Waals surface area contributed by atoms with Crippen LogP contribution in [0.3, 0.4) is 0 Å². The number of aromatic nitrogens is 2. The van der Waals surface area contributed by atoms with Gasteiger partial charge >= 0.3 is 12.2 Å². The minimum atomic E-state index is -4.48. The van der Waals surface area contributed by atoms with E-state index in [0.717, 1.165) is 23.4 Å². The number of ether oxygens (including phenoxy) is 1. The summed E-state index contributed by atoms with van der Waals surface area (Å²) in [5, 5.41) is 2.78. The molecule has 0 bridgehead atoms. The van der Waals surface area contributed by atoms with Gasteiger partial charge in [0.05, 0.1) is 29.7 Å². The third-order valence-corrected chi connectivity index (χ3v) is 4.42. The lowest BCUT2D eigenvalue weighted by Crippen LogP contribution is -2.22. The zero-order chi connectivity index (χ0) is 18.5. The van der Waals surface area contributed by atoms with Crippen LogP contribution < -0.4 is 10.1 Å². The van der Waals surface area contributed by atoms with E-state index in [0.29, 0.717) is 17.8 Å². The van der Waals surface area contributed by atoms with E-state index in [1.807, 2.05) is 24.3 Å². The number of rotatable bonds is 3. The second kappa shape index (κ2) is 5.76. The van der Waals surface area contributed by atoms with Crippen LogP contribution in [0.1, 0.15) is 23.0 Å². The highest BCUT2D eigenvalue weighted by Gasteiger charge is 2.35. The Labute approximate surface area is 146 Å². The van der Waals surface area contributed by atoms with E-state index in [1.165, 1.54) is 10.6 Å². The molecule has 26 heavy (non-hydrogen) atoms. The summed E-state index contributed by atoms with van der Waals surface area (Å²) >= 11 is 0. The van der Waals surface area contributed by atoms with Crippen molar-refractivity contribution in [3.05, 3.63) is 59.4 Å². The van der Waals surface area contributed by atoms with Crippen molar-refractivity contribution in [2.75, 3.05) is 7.11 Å². The van der Waals surface area contributed by atoms with E-state index in [2.05, 4.69) is 10.3 Å². The molecule has 1 aromatic heterocycles. The molecule has 0 fully saturated rings. The molecule has 1 N–H and O–H groups in total. The third kappa shape index (κ3) is 2.67. The fourth-order valence-electron chi connectivity index (χ4n) is 3.14. The van der Waals surface area contributed by atoms with Gasteiger partial charge in [-0.05, 0) is 42.3 Å². The summed E-state index contributed by atoms with van der Waals surface area (Å²) in [6.45, 7) is 0. The molecule has 2 aromatic carbocycles. The normalized spacial score (nSPS) is 16.6. The van der Waals surface area contributed by atoms with E-state index < -0.39 is 23.8 Å². The van der Waals surface area contributed by atoms with Gasteiger partial charge in [0, 0.05) is 0 Å². The molecular formula is C18H14F3N3O2. The van der Waals surface area contributed by atoms with Gasteiger partial charge < -0.3 is 10.1 Å². The summed E-state index contributed by atoms with van der Waals surface area (Å²) in [6, 6.07) is 9.72. The van der Waals surface area contributed by atoms with Gasteiger partial charge in [-0.15, -0.1) is 0 Å². The third-order valence-electron chi connectivity index (χ3n) is 4.42. The second-order valence-electron chi connectivity index (χ2n) is 6.06. The number of nitrogens with one attached hydrogen (secondary N) is 1. The number of carbonyl (C=O) groups is 1. The SMILES string of the molecule is COc1ccc(CC2NC(=O)n3c2nc2ccc(C(F)(F)F)cc23)cc1. The Balaban J connectivity index is 1.71. The number of halogens is 3. The predicted molar refractivity (Wildman–Crippen MR) is 88.1 cm³/mol. The van der Waals surface area contributed by atoms with Crippen LogP contribution in [0.4, 0.5) is 18.0 Å². The summed E-state index contributed by atoms with van der Waals surface area (Å²) in [5.74, 6) is 1.14. The molecule has 0 aliphatic carbocycles.